The van der Waals surface area contributed by atoms with Gasteiger partial charge in [-0.3, -0.25) is 5.41 Å². The van der Waals surface area contributed by atoms with Gasteiger partial charge in [0.15, 0.2) is 0 Å². The van der Waals surface area contributed by atoms with E-state index in [-0.39, 0.29) is 5.84 Å². The number of nitrogens with one attached hydrogen (secondary N) is 1. The number of amidine groups is 1. The summed E-state index contributed by atoms with van der Waals surface area (Å²) in [5.74, 6) is -0.0781. The van der Waals surface area contributed by atoms with Crippen molar-refractivity contribution >= 4 is 5.84 Å². The molecule has 7 N–H and O–H groups in total. The first kappa shape index (κ1) is 7.55. The van der Waals surface area contributed by atoms with E-state index in [0.717, 1.165) is 0 Å². The predicted molar refractivity (Wildman–Crippen MR) is 37.5 cm³/mol. The molecule has 0 atom stereocenters. The maximum atomic E-state index is 6.75. The molecule has 0 heterocycles. The Labute approximate surface area is 53.5 Å². The van der Waals surface area contributed by atoms with Crippen LogP contribution in [0.1, 0.15) is 0 Å². The second-order valence-corrected chi connectivity index (χ2v) is 1.46. The van der Waals surface area contributed by atoms with E-state index in [1.165, 1.54) is 18.4 Å². The van der Waals surface area contributed by atoms with Gasteiger partial charge in [-0.15, -0.1) is 0 Å². The molecule has 0 saturated heterocycles. The average Bonchev–Trinajstić information content (AvgIpc) is 1.63. The molecule has 0 radical (unpaired) electrons. The first-order valence-electron chi connectivity index (χ1n) is 2.36. The van der Waals surface area contributed by atoms with Crippen LogP contribution in [0.2, 0.25) is 0 Å². The minimum Gasteiger partial charge on any atom is -0.405 e. The van der Waals surface area contributed by atoms with Crippen molar-refractivity contribution in [1.29, 1.82) is 5.41 Å². The molecule has 0 aliphatic heterocycles. The first-order valence-corrected chi connectivity index (χ1v) is 2.36. The zero-order valence-corrected chi connectivity index (χ0v) is 4.96. The minimum atomic E-state index is -0.0781. The Morgan fingerprint density at radius 3 is 2.22 bits per heavy atom. The quantitative estimate of drug-likeness (QED) is 0.222. The Kier molecular flexibility index (Phi) is 2.97. The molecule has 0 aromatic rings. The van der Waals surface area contributed by atoms with Crippen molar-refractivity contribution < 1.29 is 0 Å². The monoisotopic (exact) mass is 126 g/mol. The second kappa shape index (κ2) is 3.54. The fourth-order valence-electron chi connectivity index (χ4n) is 0.339. The van der Waals surface area contributed by atoms with E-state index in [2.05, 4.69) is 0 Å². The minimum absolute atomic E-state index is 0.0781. The van der Waals surface area contributed by atoms with Gasteiger partial charge in [-0.05, 0) is 12.3 Å². The third-order valence-corrected chi connectivity index (χ3v) is 0.611. The van der Waals surface area contributed by atoms with Gasteiger partial charge in [0.25, 0.3) is 0 Å². The number of nitrogens with two attached hydrogens (primary N) is 3. The highest BCUT2D eigenvalue weighted by Gasteiger charge is 1.81. The predicted octanol–water partition coefficient (Wildman–Crippen LogP) is -0.763. The Hall–Kier alpha value is -1.45. The third kappa shape index (κ3) is 4.40. The maximum absolute atomic E-state index is 6.75. The van der Waals surface area contributed by atoms with E-state index in [4.69, 9.17) is 22.6 Å². The molecule has 9 heavy (non-hydrogen) atoms. The molecule has 0 spiro atoms. The highest BCUT2D eigenvalue weighted by atomic mass is 14.7. The first-order chi connectivity index (χ1) is 4.16. The summed E-state index contributed by atoms with van der Waals surface area (Å²) in [6, 6.07) is 0. The van der Waals surface area contributed by atoms with Crippen LogP contribution in [0.25, 0.3) is 0 Å². The summed E-state index contributed by atoms with van der Waals surface area (Å²) in [7, 11) is 0. The van der Waals surface area contributed by atoms with E-state index >= 15 is 0 Å². The van der Waals surface area contributed by atoms with Gasteiger partial charge in [0.2, 0.25) is 0 Å². The Morgan fingerprint density at radius 2 is 1.89 bits per heavy atom. The topological polar surface area (TPSA) is 102 Å². The standard InChI is InChI=1S/C5H10N4/c6-2-1-4(7)3-5(8)9/h1-3H,6-7H2,(H3,8,9)/b2-1-,4-3-. The van der Waals surface area contributed by atoms with Crippen LogP contribution in [0.3, 0.4) is 0 Å². The van der Waals surface area contributed by atoms with E-state index in [1.54, 1.807) is 0 Å². The van der Waals surface area contributed by atoms with Crippen LogP contribution in [-0.4, -0.2) is 5.84 Å². The molecule has 0 saturated carbocycles. The van der Waals surface area contributed by atoms with Crippen molar-refractivity contribution in [3.05, 3.63) is 24.0 Å². The lowest BCUT2D eigenvalue weighted by atomic mass is 10.4. The summed E-state index contributed by atoms with van der Waals surface area (Å²) in [4.78, 5) is 0. The molecule has 4 nitrogen and oxygen atoms in total. The van der Waals surface area contributed by atoms with Gasteiger partial charge in [-0.2, -0.15) is 0 Å². The molecule has 0 aromatic carbocycles. The largest absolute Gasteiger partial charge is 0.405 e. The van der Waals surface area contributed by atoms with Crippen molar-refractivity contribution in [3.63, 3.8) is 0 Å². The summed E-state index contributed by atoms with van der Waals surface area (Å²) in [5, 5.41) is 6.75. The maximum Gasteiger partial charge on any atom is 0.117 e. The molecule has 0 aromatic heterocycles. The number of rotatable bonds is 2. The van der Waals surface area contributed by atoms with Crippen LogP contribution < -0.4 is 17.2 Å². The Balaban J connectivity index is 4.00. The second-order valence-electron chi connectivity index (χ2n) is 1.46. The molecule has 0 fully saturated rings. The van der Waals surface area contributed by atoms with Crippen molar-refractivity contribution in [2.45, 2.75) is 0 Å². The third-order valence-electron chi connectivity index (χ3n) is 0.611. The van der Waals surface area contributed by atoms with Crippen LogP contribution >= 0.6 is 0 Å². The molecular formula is C5H10N4. The Bertz CT molecular complexity index is 156. The Morgan fingerprint density at radius 1 is 1.33 bits per heavy atom. The van der Waals surface area contributed by atoms with Crippen molar-refractivity contribution in [2.75, 3.05) is 0 Å². The van der Waals surface area contributed by atoms with Crippen molar-refractivity contribution in [2.24, 2.45) is 17.2 Å². The van der Waals surface area contributed by atoms with Crippen LogP contribution in [0, 0.1) is 5.41 Å². The van der Waals surface area contributed by atoms with Crippen LogP contribution in [0.5, 0.6) is 0 Å². The highest BCUT2D eigenvalue weighted by molar-refractivity contribution is 5.89. The van der Waals surface area contributed by atoms with Gasteiger partial charge >= 0.3 is 0 Å². The van der Waals surface area contributed by atoms with Gasteiger partial charge in [0, 0.05) is 11.8 Å². The fraction of sp³-hybridized carbons (Fsp3) is 0. The van der Waals surface area contributed by atoms with Crippen LogP contribution in [0.15, 0.2) is 24.0 Å². The number of hydrogen-bond donors (Lipinski definition) is 4. The fourth-order valence-corrected chi connectivity index (χ4v) is 0.339. The summed E-state index contributed by atoms with van der Waals surface area (Å²) in [5.41, 5.74) is 15.6. The molecule has 0 bridgehead atoms. The molecule has 0 unspecified atom stereocenters. The lowest BCUT2D eigenvalue weighted by Gasteiger charge is -1.88. The molecule has 4 heteroatoms. The molecular weight excluding hydrogens is 116 g/mol. The van der Waals surface area contributed by atoms with E-state index in [9.17, 15) is 0 Å². The molecule has 0 aliphatic rings. The van der Waals surface area contributed by atoms with Crippen LogP contribution in [0.4, 0.5) is 0 Å². The van der Waals surface area contributed by atoms with Crippen molar-refractivity contribution in [1.82, 2.24) is 0 Å². The zero-order chi connectivity index (χ0) is 7.28. The summed E-state index contributed by atoms with van der Waals surface area (Å²) in [6.45, 7) is 0. The molecule has 0 rings (SSSR count). The summed E-state index contributed by atoms with van der Waals surface area (Å²) in [6.07, 6.45) is 4.06. The van der Waals surface area contributed by atoms with Gasteiger partial charge in [0.1, 0.15) is 5.84 Å². The van der Waals surface area contributed by atoms with Crippen molar-refractivity contribution in [3.8, 4) is 0 Å². The van der Waals surface area contributed by atoms with Crippen LogP contribution in [-0.2, 0) is 0 Å². The molecule has 0 aliphatic carbocycles. The number of allylic oxidation sites excluding steroid dienone is 1. The molecule has 0 amide bonds. The molecule has 50 valence electrons. The normalized spacial score (nSPS) is 12.2. The highest BCUT2D eigenvalue weighted by Crippen LogP contribution is 1.82. The van der Waals surface area contributed by atoms with E-state index in [0.29, 0.717) is 5.70 Å². The number of hydrogen-bond acceptors (Lipinski definition) is 3. The summed E-state index contributed by atoms with van der Waals surface area (Å²) >= 11 is 0. The lowest BCUT2D eigenvalue weighted by Crippen LogP contribution is -2.08. The van der Waals surface area contributed by atoms with Gasteiger partial charge in [0.05, 0.1) is 0 Å². The van der Waals surface area contributed by atoms with E-state index < -0.39 is 0 Å². The lowest BCUT2D eigenvalue weighted by molar-refractivity contribution is 1.38. The zero-order valence-electron chi connectivity index (χ0n) is 4.96. The smallest absolute Gasteiger partial charge is 0.117 e. The SMILES string of the molecule is N=C(N)/C=C(N)/C=C\N. The van der Waals surface area contributed by atoms with E-state index in [1.807, 2.05) is 0 Å². The van der Waals surface area contributed by atoms with Gasteiger partial charge < -0.3 is 17.2 Å². The van der Waals surface area contributed by atoms with Gasteiger partial charge in [-0.25, -0.2) is 0 Å². The summed E-state index contributed by atoms with van der Waals surface area (Å²) < 4.78 is 0. The average molecular weight is 126 g/mol. The van der Waals surface area contributed by atoms with Gasteiger partial charge in [-0.1, -0.05) is 0 Å².